The fraction of sp³-hybridized carbons (Fsp3) is 0.312. The maximum absolute atomic E-state index is 12.4. The zero-order valence-electron chi connectivity index (χ0n) is 12.0. The quantitative estimate of drug-likeness (QED) is 0.890. The number of aromatic nitrogens is 2. The molecule has 2 N–H and O–H groups in total. The number of fused-ring (bicyclic) bond motifs is 1. The van der Waals surface area contributed by atoms with Crippen LogP contribution >= 0.6 is 0 Å². The van der Waals surface area contributed by atoms with Crippen LogP contribution in [0, 0.1) is 6.92 Å². The Morgan fingerprint density at radius 3 is 3.00 bits per heavy atom. The van der Waals surface area contributed by atoms with Crippen LogP contribution in [0.4, 0.5) is 0 Å². The van der Waals surface area contributed by atoms with Gasteiger partial charge in [0, 0.05) is 19.3 Å². The standard InChI is InChI=1S/C16H18N4O/c1-11-6-19-13(8-18-11)9-20-16(21)15-10-17-7-12-4-2-3-5-14(12)15/h2-6,8,15,17H,7,9-10H2,1H3,(H,20,21). The summed E-state index contributed by atoms with van der Waals surface area (Å²) in [6, 6.07) is 8.08. The van der Waals surface area contributed by atoms with Crippen molar-refractivity contribution < 1.29 is 4.79 Å². The zero-order chi connectivity index (χ0) is 14.7. The van der Waals surface area contributed by atoms with Crippen molar-refractivity contribution in [3.05, 3.63) is 59.2 Å². The van der Waals surface area contributed by atoms with Gasteiger partial charge in [0.15, 0.2) is 0 Å². The molecule has 0 saturated heterocycles. The van der Waals surface area contributed by atoms with Crippen molar-refractivity contribution in [2.75, 3.05) is 6.54 Å². The summed E-state index contributed by atoms with van der Waals surface area (Å²) in [5.74, 6) is -0.120. The molecule has 0 radical (unpaired) electrons. The second kappa shape index (κ2) is 6.01. The highest BCUT2D eigenvalue weighted by Crippen LogP contribution is 2.23. The van der Waals surface area contributed by atoms with Crippen molar-refractivity contribution in [3.8, 4) is 0 Å². The molecule has 1 atom stereocenters. The Morgan fingerprint density at radius 1 is 1.33 bits per heavy atom. The largest absolute Gasteiger partial charge is 0.350 e. The maximum Gasteiger partial charge on any atom is 0.229 e. The number of nitrogens with one attached hydrogen (secondary N) is 2. The van der Waals surface area contributed by atoms with Crippen LogP contribution in [0.5, 0.6) is 0 Å². The Balaban J connectivity index is 1.68. The van der Waals surface area contributed by atoms with Crippen molar-refractivity contribution in [2.24, 2.45) is 0 Å². The lowest BCUT2D eigenvalue weighted by Crippen LogP contribution is -2.38. The number of amides is 1. The van der Waals surface area contributed by atoms with Crippen molar-refractivity contribution in [1.82, 2.24) is 20.6 Å². The van der Waals surface area contributed by atoms with E-state index >= 15 is 0 Å². The summed E-state index contributed by atoms with van der Waals surface area (Å²) in [5, 5.41) is 6.24. The number of nitrogens with zero attached hydrogens (tertiary/aromatic N) is 2. The molecule has 1 aliphatic rings. The van der Waals surface area contributed by atoms with E-state index in [0.717, 1.165) is 23.5 Å². The number of carbonyl (C=O) groups excluding carboxylic acids is 1. The van der Waals surface area contributed by atoms with E-state index in [1.54, 1.807) is 12.4 Å². The molecule has 0 spiro atoms. The average molecular weight is 282 g/mol. The van der Waals surface area contributed by atoms with Gasteiger partial charge in [0.1, 0.15) is 0 Å². The minimum Gasteiger partial charge on any atom is -0.350 e. The van der Waals surface area contributed by atoms with Gasteiger partial charge in [-0.3, -0.25) is 14.8 Å². The van der Waals surface area contributed by atoms with Crippen molar-refractivity contribution in [2.45, 2.75) is 25.9 Å². The minimum atomic E-state index is -0.145. The summed E-state index contributed by atoms with van der Waals surface area (Å²) in [6.07, 6.45) is 3.40. The predicted octanol–water partition coefficient (Wildman–Crippen LogP) is 1.29. The van der Waals surface area contributed by atoms with Gasteiger partial charge in [-0.15, -0.1) is 0 Å². The van der Waals surface area contributed by atoms with Crippen molar-refractivity contribution in [3.63, 3.8) is 0 Å². The molecule has 5 nitrogen and oxygen atoms in total. The maximum atomic E-state index is 12.4. The molecule has 1 aromatic carbocycles. The van der Waals surface area contributed by atoms with Crippen LogP contribution in [0.2, 0.25) is 0 Å². The molecule has 1 aliphatic heterocycles. The van der Waals surface area contributed by atoms with Crippen LogP contribution in [0.3, 0.4) is 0 Å². The third kappa shape index (κ3) is 3.08. The van der Waals surface area contributed by atoms with Gasteiger partial charge < -0.3 is 10.6 Å². The van der Waals surface area contributed by atoms with Crippen molar-refractivity contribution >= 4 is 5.91 Å². The number of benzene rings is 1. The van der Waals surface area contributed by atoms with E-state index in [4.69, 9.17) is 0 Å². The molecule has 2 heterocycles. The second-order valence-corrected chi connectivity index (χ2v) is 5.25. The van der Waals surface area contributed by atoms with Crippen LogP contribution in [0.25, 0.3) is 0 Å². The van der Waals surface area contributed by atoms with Crippen LogP contribution in [-0.4, -0.2) is 22.4 Å². The Morgan fingerprint density at radius 2 is 2.19 bits per heavy atom. The fourth-order valence-corrected chi connectivity index (χ4v) is 2.54. The molecule has 3 rings (SSSR count). The summed E-state index contributed by atoms with van der Waals surface area (Å²) >= 11 is 0. The summed E-state index contributed by atoms with van der Waals surface area (Å²) in [5.41, 5.74) is 3.95. The first-order chi connectivity index (χ1) is 10.2. The highest BCUT2D eigenvalue weighted by atomic mass is 16.1. The smallest absolute Gasteiger partial charge is 0.229 e. The average Bonchev–Trinajstić information content (AvgIpc) is 2.53. The monoisotopic (exact) mass is 282 g/mol. The zero-order valence-corrected chi connectivity index (χ0v) is 12.0. The first-order valence-corrected chi connectivity index (χ1v) is 7.08. The lowest BCUT2D eigenvalue weighted by Gasteiger charge is -2.25. The highest BCUT2D eigenvalue weighted by molar-refractivity contribution is 5.84. The lowest BCUT2D eigenvalue weighted by atomic mass is 9.90. The summed E-state index contributed by atoms with van der Waals surface area (Å²) < 4.78 is 0. The number of carbonyl (C=O) groups is 1. The first kappa shape index (κ1) is 13.7. The van der Waals surface area contributed by atoms with Crippen LogP contribution < -0.4 is 10.6 Å². The van der Waals surface area contributed by atoms with E-state index in [0.29, 0.717) is 13.1 Å². The molecule has 0 fully saturated rings. The molecular formula is C16H18N4O. The van der Waals surface area contributed by atoms with Gasteiger partial charge >= 0.3 is 0 Å². The van der Waals surface area contributed by atoms with Crippen LogP contribution in [0.1, 0.15) is 28.4 Å². The molecule has 1 unspecified atom stereocenters. The van der Waals surface area contributed by atoms with E-state index < -0.39 is 0 Å². The third-order valence-electron chi connectivity index (χ3n) is 3.69. The molecule has 108 valence electrons. The summed E-state index contributed by atoms with van der Waals surface area (Å²) in [7, 11) is 0. The van der Waals surface area contributed by atoms with Crippen molar-refractivity contribution in [1.29, 1.82) is 0 Å². The summed E-state index contributed by atoms with van der Waals surface area (Å²) in [4.78, 5) is 20.8. The van der Waals surface area contributed by atoms with Gasteiger partial charge in [0.25, 0.3) is 0 Å². The van der Waals surface area contributed by atoms with E-state index in [1.807, 2.05) is 25.1 Å². The van der Waals surface area contributed by atoms with Gasteiger partial charge in [-0.2, -0.15) is 0 Å². The predicted molar refractivity (Wildman–Crippen MR) is 79.5 cm³/mol. The minimum absolute atomic E-state index is 0.0250. The SMILES string of the molecule is Cc1cnc(CNC(=O)C2CNCc3ccccc32)cn1. The number of aryl methyl sites for hydroxylation is 1. The molecule has 5 heteroatoms. The summed E-state index contributed by atoms with van der Waals surface area (Å²) in [6.45, 7) is 3.79. The Kier molecular flexibility index (Phi) is 3.92. The molecule has 0 saturated carbocycles. The Hall–Kier alpha value is -2.27. The Bertz CT molecular complexity index is 639. The lowest BCUT2D eigenvalue weighted by molar-refractivity contribution is -0.122. The van der Waals surface area contributed by atoms with Gasteiger partial charge in [-0.25, -0.2) is 0 Å². The Labute approximate surface area is 123 Å². The molecular weight excluding hydrogens is 264 g/mol. The van der Waals surface area contributed by atoms with Crippen LogP contribution in [0.15, 0.2) is 36.7 Å². The topological polar surface area (TPSA) is 66.9 Å². The van der Waals surface area contributed by atoms with Gasteiger partial charge in [-0.05, 0) is 18.1 Å². The second-order valence-electron chi connectivity index (χ2n) is 5.25. The van der Waals surface area contributed by atoms with Gasteiger partial charge in [0.2, 0.25) is 5.91 Å². The van der Waals surface area contributed by atoms with E-state index in [2.05, 4.69) is 26.7 Å². The van der Waals surface area contributed by atoms with E-state index in [9.17, 15) is 4.79 Å². The number of rotatable bonds is 3. The number of hydrogen-bond acceptors (Lipinski definition) is 4. The third-order valence-corrected chi connectivity index (χ3v) is 3.69. The normalized spacial score (nSPS) is 17.1. The fourth-order valence-electron chi connectivity index (χ4n) is 2.54. The number of hydrogen-bond donors (Lipinski definition) is 2. The van der Waals surface area contributed by atoms with E-state index in [1.165, 1.54) is 5.56 Å². The first-order valence-electron chi connectivity index (χ1n) is 7.08. The molecule has 21 heavy (non-hydrogen) atoms. The molecule has 1 aromatic heterocycles. The molecule has 0 aliphatic carbocycles. The van der Waals surface area contributed by atoms with Gasteiger partial charge in [0.05, 0.1) is 30.0 Å². The molecule has 1 amide bonds. The van der Waals surface area contributed by atoms with E-state index in [-0.39, 0.29) is 11.8 Å². The highest BCUT2D eigenvalue weighted by Gasteiger charge is 2.25. The van der Waals surface area contributed by atoms with Crippen LogP contribution in [-0.2, 0) is 17.9 Å². The molecule has 2 aromatic rings. The van der Waals surface area contributed by atoms with Gasteiger partial charge in [-0.1, -0.05) is 24.3 Å². The molecule has 0 bridgehead atoms.